The maximum atomic E-state index is 12.5. The van der Waals surface area contributed by atoms with Crippen LogP contribution in [0.15, 0.2) is 24.3 Å². The molecule has 0 atom stereocenters. The summed E-state index contributed by atoms with van der Waals surface area (Å²) < 4.78 is 42.7. The van der Waals surface area contributed by atoms with Crippen molar-refractivity contribution in [3.63, 3.8) is 0 Å². The summed E-state index contributed by atoms with van der Waals surface area (Å²) in [6.45, 7) is 0.336. The Labute approximate surface area is 119 Å². The van der Waals surface area contributed by atoms with Gasteiger partial charge < -0.3 is 9.64 Å². The summed E-state index contributed by atoms with van der Waals surface area (Å²) in [5.74, 6) is -0.232. The third kappa shape index (κ3) is 4.21. The van der Waals surface area contributed by atoms with Gasteiger partial charge in [0.15, 0.2) is 6.61 Å². The first kappa shape index (κ1) is 15.3. The Morgan fingerprint density at radius 2 is 1.90 bits per heavy atom. The second-order valence-electron chi connectivity index (χ2n) is 4.73. The Morgan fingerprint density at radius 3 is 2.52 bits per heavy atom. The van der Waals surface area contributed by atoms with E-state index in [1.165, 1.54) is 17.0 Å². The number of rotatable bonds is 3. The highest BCUT2D eigenvalue weighted by Gasteiger charge is 2.30. The maximum absolute atomic E-state index is 12.5. The van der Waals surface area contributed by atoms with Crippen LogP contribution in [0.1, 0.15) is 18.4 Å². The first-order valence-corrected chi connectivity index (χ1v) is 6.46. The van der Waals surface area contributed by atoms with E-state index in [-0.39, 0.29) is 24.0 Å². The first-order chi connectivity index (χ1) is 9.86. The Morgan fingerprint density at radius 1 is 1.24 bits per heavy atom. The number of benzene rings is 1. The number of hydrogen-bond acceptors (Lipinski definition) is 3. The van der Waals surface area contributed by atoms with Gasteiger partial charge in [0.1, 0.15) is 11.5 Å². The van der Waals surface area contributed by atoms with Crippen LogP contribution in [0.5, 0.6) is 5.75 Å². The van der Waals surface area contributed by atoms with Crippen LogP contribution in [0.2, 0.25) is 0 Å². The lowest BCUT2D eigenvalue weighted by atomic mass is 10.1. The summed E-state index contributed by atoms with van der Waals surface area (Å²) in [5, 5.41) is 0. The molecule has 2 rings (SSSR count). The van der Waals surface area contributed by atoms with Gasteiger partial charge in [-0.1, -0.05) is 6.07 Å². The summed E-state index contributed by atoms with van der Waals surface area (Å²) in [4.78, 5) is 24.4. The van der Waals surface area contributed by atoms with Gasteiger partial charge in [-0.2, -0.15) is 13.2 Å². The average Bonchev–Trinajstić information content (AvgIpc) is 2.45. The second-order valence-corrected chi connectivity index (χ2v) is 4.73. The van der Waals surface area contributed by atoms with Gasteiger partial charge in [0.05, 0.1) is 5.56 Å². The van der Waals surface area contributed by atoms with Crippen molar-refractivity contribution in [2.24, 2.45) is 0 Å². The Hall–Kier alpha value is -2.05. The maximum Gasteiger partial charge on any atom is 0.416 e. The fourth-order valence-electron chi connectivity index (χ4n) is 2.00. The summed E-state index contributed by atoms with van der Waals surface area (Å²) >= 11 is 0. The highest BCUT2D eigenvalue weighted by molar-refractivity contribution is 5.83. The molecule has 0 spiro atoms. The van der Waals surface area contributed by atoms with Crippen LogP contribution in [0.3, 0.4) is 0 Å². The van der Waals surface area contributed by atoms with Gasteiger partial charge in [-0.15, -0.1) is 0 Å². The molecule has 0 saturated carbocycles. The number of hydrogen-bond donors (Lipinski definition) is 0. The minimum absolute atomic E-state index is 0.00809. The van der Waals surface area contributed by atoms with Crippen molar-refractivity contribution in [1.29, 1.82) is 0 Å². The van der Waals surface area contributed by atoms with E-state index in [9.17, 15) is 22.8 Å². The molecule has 0 N–H and O–H groups in total. The molecule has 1 saturated heterocycles. The van der Waals surface area contributed by atoms with Gasteiger partial charge in [0.25, 0.3) is 5.91 Å². The van der Waals surface area contributed by atoms with E-state index in [1.807, 2.05) is 0 Å². The quantitative estimate of drug-likeness (QED) is 0.860. The molecule has 0 radical (unpaired) electrons. The molecule has 0 bridgehead atoms. The zero-order chi connectivity index (χ0) is 15.5. The van der Waals surface area contributed by atoms with Crippen molar-refractivity contribution in [3.8, 4) is 5.75 Å². The average molecular weight is 301 g/mol. The predicted octanol–water partition coefficient (Wildman–Crippen LogP) is 2.28. The number of ether oxygens (including phenoxy) is 1. The lowest BCUT2D eigenvalue weighted by molar-refractivity contribution is -0.137. The molecule has 1 aliphatic heterocycles. The molecular weight excluding hydrogens is 287 g/mol. The van der Waals surface area contributed by atoms with E-state index < -0.39 is 11.7 Å². The topological polar surface area (TPSA) is 46.6 Å². The van der Waals surface area contributed by atoms with Crippen LogP contribution in [0, 0.1) is 0 Å². The Balaban J connectivity index is 1.91. The van der Waals surface area contributed by atoms with Gasteiger partial charge in [-0.3, -0.25) is 9.59 Å². The van der Waals surface area contributed by atoms with E-state index in [0.717, 1.165) is 12.1 Å². The van der Waals surface area contributed by atoms with Crippen molar-refractivity contribution >= 4 is 11.7 Å². The summed E-state index contributed by atoms with van der Waals surface area (Å²) in [6, 6.07) is 4.38. The summed E-state index contributed by atoms with van der Waals surface area (Å²) in [7, 11) is 0. The molecular formula is C14H14F3NO3. The standard InChI is InChI=1S/C14H14F3NO3/c15-14(16,17)10-2-1-3-12(8-10)21-9-13(20)18-6-4-11(19)5-7-18/h1-3,8H,4-7,9H2. The molecule has 114 valence electrons. The molecule has 21 heavy (non-hydrogen) atoms. The van der Waals surface area contributed by atoms with Crippen molar-refractivity contribution < 1.29 is 27.5 Å². The van der Waals surface area contributed by atoms with Crippen LogP contribution in [0.25, 0.3) is 0 Å². The fraction of sp³-hybridized carbons (Fsp3) is 0.429. The number of likely N-dealkylation sites (tertiary alicyclic amines) is 1. The highest BCUT2D eigenvalue weighted by Crippen LogP contribution is 2.31. The molecule has 1 aromatic rings. The van der Waals surface area contributed by atoms with Crippen molar-refractivity contribution in [3.05, 3.63) is 29.8 Å². The van der Waals surface area contributed by atoms with Crippen LogP contribution in [0.4, 0.5) is 13.2 Å². The second kappa shape index (κ2) is 6.15. The molecule has 1 fully saturated rings. The molecule has 1 aromatic carbocycles. The molecule has 0 aromatic heterocycles. The molecule has 7 heteroatoms. The minimum atomic E-state index is -4.45. The lowest BCUT2D eigenvalue weighted by Crippen LogP contribution is -2.41. The molecule has 1 heterocycles. The Bertz CT molecular complexity index is 533. The minimum Gasteiger partial charge on any atom is -0.484 e. The van der Waals surface area contributed by atoms with Gasteiger partial charge >= 0.3 is 6.18 Å². The highest BCUT2D eigenvalue weighted by atomic mass is 19.4. The number of amides is 1. The number of ketones is 1. The van der Waals surface area contributed by atoms with E-state index in [2.05, 4.69) is 0 Å². The van der Waals surface area contributed by atoms with Gasteiger partial charge in [-0.05, 0) is 18.2 Å². The zero-order valence-corrected chi connectivity index (χ0v) is 11.2. The van der Waals surface area contributed by atoms with Crippen molar-refractivity contribution in [1.82, 2.24) is 4.90 Å². The van der Waals surface area contributed by atoms with Crippen LogP contribution in [-0.2, 0) is 15.8 Å². The molecule has 1 aliphatic rings. The number of carbonyl (C=O) groups excluding carboxylic acids is 2. The van der Waals surface area contributed by atoms with E-state index in [0.29, 0.717) is 25.9 Å². The molecule has 0 aliphatic carbocycles. The number of halogens is 3. The van der Waals surface area contributed by atoms with Crippen LogP contribution in [-0.4, -0.2) is 36.3 Å². The van der Waals surface area contributed by atoms with Gasteiger partial charge in [0, 0.05) is 25.9 Å². The third-order valence-electron chi connectivity index (χ3n) is 3.20. The van der Waals surface area contributed by atoms with Gasteiger partial charge in [0.2, 0.25) is 0 Å². The normalized spacial score (nSPS) is 16.0. The van der Waals surface area contributed by atoms with E-state index >= 15 is 0 Å². The van der Waals surface area contributed by atoms with Crippen LogP contribution >= 0.6 is 0 Å². The molecule has 0 unspecified atom stereocenters. The van der Waals surface area contributed by atoms with Crippen LogP contribution < -0.4 is 4.74 Å². The monoisotopic (exact) mass is 301 g/mol. The predicted molar refractivity (Wildman–Crippen MR) is 67.8 cm³/mol. The number of carbonyl (C=O) groups is 2. The number of piperidine rings is 1. The SMILES string of the molecule is O=C1CCN(C(=O)COc2cccc(C(F)(F)F)c2)CC1. The van der Waals surface area contributed by atoms with Crippen molar-refractivity contribution in [2.75, 3.05) is 19.7 Å². The van der Waals surface area contributed by atoms with E-state index in [4.69, 9.17) is 4.74 Å². The first-order valence-electron chi connectivity index (χ1n) is 6.46. The number of Topliss-reactive ketones (excluding diaryl/α,β-unsaturated/α-hetero) is 1. The number of alkyl halides is 3. The third-order valence-corrected chi connectivity index (χ3v) is 3.20. The molecule has 4 nitrogen and oxygen atoms in total. The summed E-state index contributed by atoms with van der Waals surface area (Å²) in [5.41, 5.74) is -0.823. The molecule has 1 amide bonds. The number of nitrogens with zero attached hydrogens (tertiary/aromatic N) is 1. The summed E-state index contributed by atoms with van der Waals surface area (Å²) in [6.07, 6.45) is -3.82. The fourth-order valence-corrected chi connectivity index (χ4v) is 2.00. The zero-order valence-electron chi connectivity index (χ0n) is 11.2. The Kier molecular flexibility index (Phi) is 4.50. The lowest BCUT2D eigenvalue weighted by Gasteiger charge is -2.25. The van der Waals surface area contributed by atoms with E-state index in [1.54, 1.807) is 0 Å². The van der Waals surface area contributed by atoms with Gasteiger partial charge in [-0.25, -0.2) is 0 Å². The smallest absolute Gasteiger partial charge is 0.416 e. The largest absolute Gasteiger partial charge is 0.484 e. The van der Waals surface area contributed by atoms with Crippen molar-refractivity contribution in [2.45, 2.75) is 19.0 Å².